The molecule has 0 aliphatic carbocycles. The van der Waals surface area contributed by atoms with E-state index in [0.717, 1.165) is 5.56 Å². The second-order valence-electron chi connectivity index (χ2n) is 7.37. The zero-order valence-corrected chi connectivity index (χ0v) is 16.1. The number of nitrogens with two attached hydrogens (primary N) is 1. The number of hydroxylamine groups is 3. The number of benzene rings is 1. The minimum Gasteiger partial charge on any atom is -0.632 e. The van der Waals surface area contributed by atoms with Gasteiger partial charge in [0, 0.05) is 12.6 Å². The zero-order chi connectivity index (χ0) is 19.4. The number of primary amides is 1. The fraction of sp³-hybridized carbons (Fsp3) is 0.429. The van der Waals surface area contributed by atoms with Crippen molar-refractivity contribution in [1.29, 1.82) is 0 Å². The van der Waals surface area contributed by atoms with Crippen LogP contribution in [0.5, 0.6) is 0 Å². The van der Waals surface area contributed by atoms with Crippen LogP contribution in [-0.4, -0.2) is 34.2 Å². The van der Waals surface area contributed by atoms with Gasteiger partial charge in [-0.3, -0.25) is 9.78 Å². The summed E-state index contributed by atoms with van der Waals surface area (Å²) in [5, 5.41) is 13.4. The summed E-state index contributed by atoms with van der Waals surface area (Å²) in [6.07, 6.45) is 1.96. The highest BCUT2D eigenvalue weighted by Crippen LogP contribution is 2.36. The summed E-state index contributed by atoms with van der Waals surface area (Å²) in [5.74, 6) is -0.485. The van der Waals surface area contributed by atoms with Crippen molar-refractivity contribution in [3.8, 4) is 0 Å². The third-order valence-corrected chi connectivity index (χ3v) is 5.37. The Kier molecular flexibility index (Phi) is 6.16. The minimum absolute atomic E-state index is 0.111. The number of carbonyl (C=O) groups excluding carboxylic acids is 1. The van der Waals surface area contributed by atoms with Gasteiger partial charge in [0.1, 0.15) is 5.41 Å². The van der Waals surface area contributed by atoms with E-state index in [1.165, 1.54) is 0 Å². The lowest BCUT2D eigenvalue weighted by atomic mass is 9.73. The first-order chi connectivity index (χ1) is 12.2. The number of nitrogens with zero attached hydrogens (tertiary/aromatic N) is 2. The maximum atomic E-state index is 13.4. The molecule has 140 valence electrons. The molecule has 0 bridgehead atoms. The molecular weight excluding hydrogens is 326 g/mol. The van der Waals surface area contributed by atoms with Gasteiger partial charge in [-0.05, 0) is 45.4 Å². The molecule has 1 heterocycles. The van der Waals surface area contributed by atoms with E-state index < -0.39 is 11.3 Å². The molecule has 0 radical (unpaired) electrons. The summed E-state index contributed by atoms with van der Waals surface area (Å²) < 4.78 is -0.380. The van der Waals surface area contributed by atoms with Crippen LogP contribution >= 0.6 is 0 Å². The molecule has 0 aliphatic rings. The smallest absolute Gasteiger partial charge is 0.234 e. The lowest BCUT2D eigenvalue weighted by molar-refractivity contribution is -0.922. The number of aromatic nitrogens is 1. The van der Waals surface area contributed by atoms with Crippen molar-refractivity contribution in [2.24, 2.45) is 5.73 Å². The molecule has 0 saturated carbocycles. The van der Waals surface area contributed by atoms with E-state index >= 15 is 0 Å². The molecule has 1 unspecified atom stereocenters. The van der Waals surface area contributed by atoms with E-state index in [-0.39, 0.29) is 23.3 Å². The second-order valence-corrected chi connectivity index (χ2v) is 7.37. The first-order valence-electron chi connectivity index (χ1n) is 9.10. The second kappa shape index (κ2) is 7.98. The van der Waals surface area contributed by atoms with Gasteiger partial charge in [0.2, 0.25) is 5.91 Å². The van der Waals surface area contributed by atoms with Crippen molar-refractivity contribution in [2.45, 2.75) is 51.6 Å². The van der Waals surface area contributed by atoms with Crippen LogP contribution in [0.1, 0.15) is 45.4 Å². The molecule has 0 saturated heterocycles. The summed E-state index contributed by atoms with van der Waals surface area (Å²) in [7, 11) is 0. The maximum Gasteiger partial charge on any atom is 0.234 e. The Morgan fingerprint density at radius 3 is 2.12 bits per heavy atom. The lowest BCUT2D eigenvalue weighted by Crippen LogP contribution is -2.56. The Morgan fingerprint density at radius 1 is 1.08 bits per heavy atom. The average Bonchev–Trinajstić information content (AvgIpc) is 2.63. The minimum atomic E-state index is -1.12. The summed E-state index contributed by atoms with van der Waals surface area (Å²) in [4.78, 5) is 17.2. The van der Waals surface area contributed by atoms with Gasteiger partial charge in [0.25, 0.3) is 0 Å². The van der Waals surface area contributed by atoms with Gasteiger partial charge in [0.15, 0.2) is 0 Å². The number of hydrogen-bond donors (Lipinski definition) is 1. The van der Waals surface area contributed by atoms with Crippen molar-refractivity contribution < 1.29 is 9.44 Å². The van der Waals surface area contributed by atoms with Gasteiger partial charge in [-0.2, -0.15) is 0 Å². The van der Waals surface area contributed by atoms with Gasteiger partial charge in [-0.25, -0.2) is 0 Å². The summed E-state index contributed by atoms with van der Waals surface area (Å²) in [6, 6.07) is 14.6. The maximum absolute atomic E-state index is 13.4. The molecule has 2 N–H and O–H groups in total. The van der Waals surface area contributed by atoms with Crippen LogP contribution in [0.2, 0.25) is 0 Å². The van der Waals surface area contributed by atoms with E-state index in [1.807, 2.05) is 70.2 Å². The number of hydrogen-bond acceptors (Lipinski definition) is 3. The Labute approximate surface area is 156 Å². The SMILES string of the molecule is CC(C)[N+]([O-])(CCC(C(N)=O)(c1ccccc1)c1ccccn1)C(C)C. The summed E-state index contributed by atoms with van der Waals surface area (Å²) in [6.45, 7) is 7.96. The lowest BCUT2D eigenvalue weighted by Gasteiger charge is -2.51. The first-order valence-corrected chi connectivity index (χ1v) is 9.10. The van der Waals surface area contributed by atoms with Crippen LogP contribution in [0.4, 0.5) is 0 Å². The number of carbonyl (C=O) groups is 1. The van der Waals surface area contributed by atoms with Crippen LogP contribution in [-0.2, 0) is 10.2 Å². The summed E-state index contributed by atoms with van der Waals surface area (Å²) >= 11 is 0. The fourth-order valence-corrected chi connectivity index (χ4v) is 3.60. The molecule has 5 nitrogen and oxygen atoms in total. The molecule has 2 rings (SSSR count). The van der Waals surface area contributed by atoms with Crippen LogP contribution in [0, 0.1) is 5.21 Å². The average molecular weight is 355 g/mol. The quantitative estimate of drug-likeness (QED) is 0.582. The molecule has 1 aromatic carbocycles. The highest BCUT2D eigenvalue weighted by Gasteiger charge is 2.44. The Bertz CT molecular complexity index is 667. The van der Waals surface area contributed by atoms with Crippen LogP contribution in [0.3, 0.4) is 0 Å². The van der Waals surface area contributed by atoms with E-state index in [2.05, 4.69) is 4.98 Å². The van der Waals surface area contributed by atoms with Crippen LogP contribution in [0.25, 0.3) is 0 Å². The number of amides is 1. The molecule has 5 heteroatoms. The van der Waals surface area contributed by atoms with E-state index in [9.17, 15) is 10.0 Å². The van der Waals surface area contributed by atoms with E-state index in [1.54, 1.807) is 12.3 Å². The fourth-order valence-electron chi connectivity index (χ4n) is 3.60. The predicted molar refractivity (Wildman–Crippen MR) is 104 cm³/mol. The molecule has 0 fully saturated rings. The topological polar surface area (TPSA) is 79.0 Å². The number of quaternary nitrogens is 1. The molecule has 26 heavy (non-hydrogen) atoms. The van der Waals surface area contributed by atoms with Crippen LogP contribution in [0.15, 0.2) is 54.7 Å². The van der Waals surface area contributed by atoms with Gasteiger partial charge >= 0.3 is 0 Å². The largest absolute Gasteiger partial charge is 0.632 e. The molecular formula is C21H29N3O2. The Balaban J connectivity index is 2.56. The highest BCUT2D eigenvalue weighted by molar-refractivity contribution is 5.90. The summed E-state index contributed by atoms with van der Waals surface area (Å²) in [5.41, 5.74) is 6.15. The number of pyridine rings is 1. The Hall–Kier alpha value is -2.24. The van der Waals surface area contributed by atoms with Crippen molar-refractivity contribution in [3.63, 3.8) is 0 Å². The van der Waals surface area contributed by atoms with E-state index in [0.29, 0.717) is 12.1 Å². The van der Waals surface area contributed by atoms with Gasteiger partial charge in [-0.15, -0.1) is 0 Å². The third kappa shape index (κ3) is 3.64. The molecule has 2 aromatic rings. The standard InChI is InChI=1S/C21H29N3O2/c1-16(2)24(26,17(3)4)15-13-21(20(22)25,18-10-6-5-7-11-18)19-12-8-9-14-23-19/h5-12,14,16-17H,13,15H2,1-4H3,(H2,22,25). The predicted octanol–water partition coefficient (Wildman–Crippen LogP) is 3.37. The van der Waals surface area contributed by atoms with Gasteiger partial charge in [-0.1, -0.05) is 36.4 Å². The number of rotatable bonds is 8. The van der Waals surface area contributed by atoms with Gasteiger partial charge < -0.3 is 15.6 Å². The van der Waals surface area contributed by atoms with Crippen LogP contribution < -0.4 is 5.73 Å². The molecule has 1 atom stereocenters. The Morgan fingerprint density at radius 2 is 1.65 bits per heavy atom. The highest BCUT2D eigenvalue weighted by atomic mass is 16.5. The molecule has 1 aromatic heterocycles. The third-order valence-electron chi connectivity index (χ3n) is 5.37. The monoisotopic (exact) mass is 355 g/mol. The van der Waals surface area contributed by atoms with Crippen molar-refractivity contribution in [3.05, 3.63) is 71.2 Å². The van der Waals surface area contributed by atoms with Gasteiger partial charge in [0.05, 0.1) is 24.3 Å². The first kappa shape index (κ1) is 20.1. The van der Waals surface area contributed by atoms with Crippen molar-refractivity contribution >= 4 is 5.91 Å². The normalized spacial score (nSPS) is 14.4. The van der Waals surface area contributed by atoms with E-state index in [4.69, 9.17) is 5.73 Å². The molecule has 0 aliphatic heterocycles. The zero-order valence-electron chi connectivity index (χ0n) is 16.1. The van der Waals surface area contributed by atoms with Crippen molar-refractivity contribution in [2.75, 3.05) is 6.54 Å². The van der Waals surface area contributed by atoms with Crippen molar-refractivity contribution in [1.82, 2.24) is 4.98 Å². The molecule has 1 amide bonds. The molecule has 0 spiro atoms.